The number of rotatable bonds is 5. The minimum atomic E-state index is -0.134. The first-order valence-electron chi connectivity index (χ1n) is 12.5. The van der Waals surface area contributed by atoms with E-state index in [1.54, 1.807) is 10.8 Å². The van der Waals surface area contributed by atoms with Crippen LogP contribution in [0.25, 0.3) is 11.3 Å². The molecule has 0 unspecified atom stereocenters. The van der Waals surface area contributed by atoms with Gasteiger partial charge in [-0.25, -0.2) is 10.4 Å². The van der Waals surface area contributed by atoms with Gasteiger partial charge in [-0.2, -0.15) is 5.10 Å². The van der Waals surface area contributed by atoms with Crippen LogP contribution >= 0.6 is 15.9 Å². The molecule has 1 saturated carbocycles. The first kappa shape index (κ1) is 22.9. The van der Waals surface area contributed by atoms with Crippen LogP contribution in [0.1, 0.15) is 47.9 Å². The molecule has 180 valence electrons. The van der Waals surface area contributed by atoms with Crippen LogP contribution in [0.4, 0.5) is 5.95 Å². The molecule has 0 bridgehead atoms. The van der Waals surface area contributed by atoms with Gasteiger partial charge in [0.05, 0.1) is 24.0 Å². The first-order chi connectivity index (χ1) is 17.6. The molecule has 2 aliphatic carbocycles. The van der Waals surface area contributed by atoms with Gasteiger partial charge in [0.1, 0.15) is 0 Å². The Morgan fingerprint density at radius 1 is 0.972 bits per heavy atom. The van der Waals surface area contributed by atoms with Gasteiger partial charge in [0.15, 0.2) is 0 Å². The maximum atomic E-state index is 14.3. The topological polar surface area (TPSA) is 59.3 Å². The van der Waals surface area contributed by atoms with E-state index in [2.05, 4.69) is 44.7 Å². The van der Waals surface area contributed by atoms with Crippen molar-refractivity contribution in [3.63, 3.8) is 0 Å². The second-order valence-electron chi connectivity index (χ2n) is 9.78. The van der Waals surface area contributed by atoms with Gasteiger partial charge in [0, 0.05) is 15.5 Å². The lowest BCUT2D eigenvalue weighted by Crippen LogP contribution is -2.40. The molecule has 4 aromatic rings. The molecule has 0 saturated heterocycles. The molecular weight excluding hydrogens is 512 g/mol. The fourth-order valence-corrected chi connectivity index (χ4v) is 6.04. The van der Waals surface area contributed by atoms with Crippen LogP contribution in [0.5, 0.6) is 0 Å². The molecule has 36 heavy (non-hydrogen) atoms. The zero-order valence-electron chi connectivity index (χ0n) is 20.0. The van der Waals surface area contributed by atoms with Crippen LogP contribution in [-0.2, 0) is 18.4 Å². The third-order valence-corrected chi connectivity index (χ3v) is 8.02. The van der Waals surface area contributed by atoms with Crippen molar-refractivity contribution in [1.29, 1.82) is 0 Å². The van der Waals surface area contributed by atoms with Crippen LogP contribution in [0.15, 0.2) is 93.2 Å². The normalized spacial score (nSPS) is 15.7. The van der Waals surface area contributed by atoms with Gasteiger partial charge in [-0.1, -0.05) is 95.5 Å². The second kappa shape index (κ2) is 9.51. The Labute approximate surface area is 219 Å². The number of fused-ring (bicyclic) bond motifs is 4. The Kier molecular flexibility index (Phi) is 6.05. The zero-order chi connectivity index (χ0) is 24.5. The Bertz CT molecular complexity index is 1490. The second-order valence-corrected chi connectivity index (χ2v) is 10.7. The summed E-state index contributed by atoms with van der Waals surface area (Å²) in [6, 6.07) is 26.4. The number of benzene rings is 3. The minimum Gasteiger partial charge on any atom is -0.273 e. The summed E-state index contributed by atoms with van der Waals surface area (Å²) in [5, 5.41) is 4.47. The van der Waals surface area contributed by atoms with Crippen molar-refractivity contribution in [3.05, 3.63) is 116 Å². The van der Waals surface area contributed by atoms with Gasteiger partial charge in [-0.05, 0) is 48.1 Å². The fourth-order valence-electron chi connectivity index (χ4n) is 5.78. The fraction of sp³-hybridized carbons (Fsp3) is 0.233. The third kappa shape index (κ3) is 4.20. The highest BCUT2D eigenvalue weighted by Gasteiger charge is 2.44. The summed E-state index contributed by atoms with van der Waals surface area (Å²) in [6.45, 7) is 0.438. The Hall–Kier alpha value is -3.51. The largest absolute Gasteiger partial charge is 0.273 e. The predicted molar refractivity (Wildman–Crippen MR) is 149 cm³/mol. The average Bonchev–Trinajstić information content (AvgIpc) is 3.36. The molecule has 1 heterocycles. The lowest BCUT2D eigenvalue weighted by molar-refractivity contribution is 0.422. The molecule has 1 spiro atoms. The van der Waals surface area contributed by atoms with Crippen LogP contribution < -0.4 is 11.0 Å². The van der Waals surface area contributed by atoms with E-state index >= 15 is 0 Å². The molecule has 5 nitrogen and oxygen atoms in total. The molecule has 3 aromatic carbocycles. The lowest BCUT2D eigenvalue weighted by atomic mass is 9.68. The quantitative estimate of drug-likeness (QED) is 0.232. The summed E-state index contributed by atoms with van der Waals surface area (Å²) in [6.07, 6.45) is 7.02. The molecule has 0 radical (unpaired) electrons. The van der Waals surface area contributed by atoms with Crippen molar-refractivity contribution in [2.75, 3.05) is 5.43 Å². The molecule has 1 aromatic heterocycles. The Balaban J connectivity index is 1.50. The standard InChI is InChI=1S/C30H27BrN4O/c31-24-14-12-21(13-15-24)19-32-34-29-33-27-25-11-5-4-10-23(25)18-30(16-6-7-17-30)26(27)28(36)35(29)20-22-8-2-1-3-9-22/h1-5,8-15,19H,6-7,16-18,20H2,(H,33,34)/b32-19-. The average molecular weight is 539 g/mol. The monoisotopic (exact) mass is 538 g/mol. The zero-order valence-corrected chi connectivity index (χ0v) is 21.5. The number of hydrogen-bond acceptors (Lipinski definition) is 4. The van der Waals surface area contributed by atoms with Gasteiger partial charge < -0.3 is 0 Å². The van der Waals surface area contributed by atoms with E-state index in [9.17, 15) is 4.79 Å². The Morgan fingerprint density at radius 3 is 2.47 bits per heavy atom. The van der Waals surface area contributed by atoms with Crippen molar-refractivity contribution in [3.8, 4) is 11.3 Å². The number of nitrogens with zero attached hydrogens (tertiary/aromatic N) is 3. The van der Waals surface area contributed by atoms with Gasteiger partial charge in [0.2, 0.25) is 5.95 Å². The summed E-state index contributed by atoms with van der Waals surface area (Å²) >= 11 is 3.46. The highest BCUT2D eigenvalue weighted by Crippen LogP contribution is 2.49. The highest BCUT2D eigenvalue weighted by molar-refractivity contribution is 9.10. The van der Waals surface area contributed by atoms with Gasteiger partial charge in [-0.3, -0.25) is 9.36 Å². The number of hydrazone groups is 1. The molecule has 2 aliphatic rings. The molecule has 0 aliphatic heterocycles. The van der Waals surface area contributed by atoms with Crippen molar-refractivity contribution in [1.82, 2.24) is 9.55 Å². The number of nitrogens with one attached hydrogen (secondary N) is 1. The van der Waals surface area contributed by atoms with Crippen LogP contribution in [0.2, 0.25) is 0 Å². The predicted octanol–water partition coefficient (Wildman–Crippen LogP) is 6.54. The molecule has 0 atom stereocenters. The van der Waals surface area contributed by atoms with Crippen LogP contribution in [-0.4, -0.2) is 15.8 Å². The van der Waals surface area contributed by atoms with Gasteiger partial charge in [-0.15, -0.1) is 0 Å². The highest BCUT2D eigenvalue weighted by atomic mass is 79.9. The Morgan fingerprint density at radius 2 is 1.69 bits per heavy atom. The third-order valence-electron chi connectivity index (χ3n) is 7.49. The van der Waals surface area contributed by atoms with Crippen molar-refractivity contribution < 1.29 is 0 Å². The van der Waals surface area contributed by atoms with Crippen molar-refractivity contribution in [2.45, 2.75) is 44.1 Å². The SMILES string of the molecule is O=c1c2c(nc(N/N=C\c3ccc(Br)cc3)n1Cc1ccccc1)-c1ccccc1CC21CCCC1. The smallest absolute Gasteiger partial charge is 0.259 e. The minimum absolute atomic E-state index is 0.0431. The number of halogens is 1. The summed E-state index contributed by atoms with van der Waals surface area (Å²) in [4.78, 5) is 19.4. The van der Waals surface area contributed by atoms with E-state index in [1.807, 2.05) is 60.7 Å². The molecule has 0 amide bonds. The first-order valence-corrected chi connectivity index (χ1v) is 13.2. The lowest BCUT2D eigenvalue weighted by Gasteiger charge is -2.36. The van der Waals surface area contributed by atoms with E-state index in [0.717, 1.165) is 64.5 Å². The molecular formula is C30H27BrN4O. The van der Waals surface area contributed by atoms with E-state index in [-0.39, 0.29) is 11.0 Å². The van der Waals surface area contributed by atoms with E-state index in [1.165, 1.54) is 5.56 Å². The van der Waals surface area contributed by atoms with Gasteiger partial charge in [0.25, 0.3) is 5.56 Å². The number of hydrogen-bond donors (Lipinski definition) is 1. The summed E-state index contributed by atoms with van der Waals surface area (Å²) in [5.41, 5.74) is 9.07. The van der Waals surface area contributed by atoms with E-state index < -0.39 is 0 Å². The molecule has 1 N–H and O–H groups in total. The summed E-state index contributed by atoms with van der Waals surface area (Å²) in [7, 11) is 0. The molecule has 6 heteroatoms. The summed E-state index contributed by atoms with van der Waals surface area (Å²) in [5.74, 6) is 0.459. The van der Waals surface area contributed by atoms with Gasteiger partial charge >= 0.3 is 0 Å². The summed E-state index contributed by atoms with van der Waals surface area (Å²) < 4.78 is 2.78. The van der Waals surface area contributed by atoms with E-state index in [0.29, 0.717) is 12.5 Å². The maximum absolute atomic E-state index is 14.3. The number of anilines is 1. The number of aromatic nitrogens is 2. The maximum Gasteiger partial charge on any atom is 0.259 e. The van der Waals surface area contributed by atoms with Crippen molar-refractivity contribution >= 4 is 28.1 Å². The van der Waals surface area contributed by atoms with E-state index in [4.69, 9.17) is 4.98 Å². The van der Waals surface area contributed by atoms with Crippen LogP contribution in [0, 0.1) is 0 Å². The molecule has 6 rings (SSSR count). The van der Waals surface area contributed by atoms with Crippen LogP contribution in [0.3, 0.4) is 0 Å². The van der Waals surface area contributed by atoms with Crippen molar-refractivity contribution in [2.24, 2.45) is 5.10 Å². The molecule has 1 fully saturated rings.